The monoisotopic (exact) mass is 412 g/mol. The van der Waals surface area contributed by atoms with Crippen LogP contribution in [0.2, 0.25) is 0 Å². The molecule has 0 saturated heterocycles. The van der Waals surface area contributed by atoms with Gasteiger partial charge in [0.05, 0.1) is 0 Å². The van der Waals surface area contributed by atoms with Gasteiger partial charge in [0.15, 0.2) is 4.77 Å². The molecule has 152 valence electrons. The van der Waals surface area contributed by atoms with Crippen LogP contribution in [0.1, 0.15) is 104 Å². The maximum atomic E-state index is 9.14. The van der Waals surface area contributed by atoms with Crippen LogP contribution in [0.5, 0.6) is 0 Å². The summed E-state index contributed by atoms with van der Waals surface area (Å²) in [5.74, 6) is 2.09. The second-order valence-corrected chi connectivity index (χ2v) is 9.99. The van der Waals surface area contributed by atoms with Gasteiger partial charge in [-0.25, -0.2) is 0 Å². The lowest BCUT2D eigenvalue weighted by molar-refractivity contribution is 0.283. The van der Waals surface area contributed by atoms with Gasteiger partial charge in [-0.3, -0.25) is 4.52 Å². The molecule has 0 unspecified atom stereocenters. The van der Waals surface area contributed by atoms with Crippen LogP contribution >= 0.6 is 32.1 Å². The highest BCUT2D eigenvalue weighted by Gasteiger charge is 2.14. The summed E-state index contributed by atoms with van der Waals surface area (Å²) in [6.07, 6.45) is 18.3. The van der Waals surface area contributed by atoms with Crippen molar-refractivity contribution in [3.05, 3.63) is 0 Å². The molecule has 0 aromatic rings. The topological polar surface area (TPSA) is 49.7 Å². The molecule has 6 heteroatoms. The zero-order valence-corrected chi connectivity index (χ0v) is 19.0. The second-order valence-electron chi connectivity index (χ2n) is 6.63. The summed E-state index contributed by atoms with van der Waals surface area (Å²) in [4.78, 5) is 18.3. The fourth-order valence-electron chi connectivity index (χ4n) is 2.66. The number of unbranched alkanes of at least 4 members (excludes halogenated alkanes) is 12. The summed E-state index contributed by atoms with van der Waals surface area (Å²) in [5.41, 5.74) is 0. The van der Waals surface area contributed by atoms with E-state index in [9.17, 15) is 0 Å². The molecule has 0 aromatic carbocycles. The van der Waals surface area contributed by atoms with E-state index in [0.717, 1.165) is 11.5 Å². The highest BCUT2D eigenvalue weighted by molar-refractivity contribution is 8.16. The maximum Gasteiger partial charge on any atom is 0.328 e. The standard InChI is InChI=1S/C19H41O3PS2/c1-3-5-7-9-11-13-15-17-24-19(22-23(20)21)25-18-16-14-12-10-8-6-4-2/h19-21H,3-18H2,1-2H3. The Balaban J connectivity index is 3.58. The summed E-state index contributed by atoms with van der Waals surface area (Å²) in [7, 11) is -2.25. The van der Waals surface area contributed by atoms with E-state index in [4.69, 9.17) is 14.3 Å². The van der Waals surface area contributed by atoms with Gasteiger partial charge in [0.1, 0.15) is 0 Å². The molecule has 0 saturated carbocycles. The lowest BCUT2D eigenvalue weighted by Crippen LogP contribution is -2.03. The highest BCUT2D eigenvalue weighted by atomic mass is 32.2. The zero-order valence-electron chi connectivity index (χ0n) is 16.5. The van der Waals surface area contributed by atoms with Crippen molar-refractivity contribution in [2.45, 2.75) is 109 Å². The molecule has 0 aliphatic heterocycles. The molecule has 0 radical (unpaired) electrons. The van der Waals surface area contributed by atoms with E-state index in [-0.39, 0.29) is 4.77 Å². The molecule has 0 heterocycles. The Morgan fingerprint density at radius 1 is 0.640 bits per heavy atom. The first-order chi connectivity index (χ1) is 12.2. The van der Waals surface area contributed by atoms with Gasteiger partial charge in [-0.05, 0) is 24.3 Å². The number of rotatable bonds is 20. The van der Waals surface area contributed by atoms with Crippen molar-refractivity contribution >= 4 is 32.1 Å². The molecule has 0 fully saturated rings. The molecule has 0 aromatic heterocycles. The fourth-order valence-corrected chi connectivity index (χ4v) is 5.85. The molecule has 0 aliphatic carbocycles. The van der Waals surface area contributed by atoms with Gasteiger partial charge >= 0.3 is 8.60 Å². The average Bonchev–Trinajstić information content (AvgIpc) is 2.58. The minimum Gasteiger partial charge on any atom is -0.328 e. The summed E-state index contributed by atoms with van der Waals surface area (Å²) >= 11 is 3.46. The molecule has 3 nitrogen and oxygen atoms in total. The van der Waals surface area contributed by atoms with Crippen LogP contribution in [0.3, 0.4) is 0 Å². The van der Waals surface area contributed by atoms with Crippen LogP contribution in [-0.4, -0.2) is 26.1 Å². The van der Waals surface area contributed by atoms with E-state index >= 15 is 0 Å². The Hall–Kier alpha value is 1.01. The van der Waals surface area contributed by atoms with Gasteiger partial charge in [-0.2, -0.15) is 0 Å². The van der Waals surface area contributed by atoms with Crippen LogP contribution in [0.15, 0.2) is 0 Å². The van der Waals surface area contributed by atoms with E-state index in [1.165, 1.54) is 89.9 Å². The Kier molecular flexibility index (Phi) is 22.2. The van der Waals surface area contributed by atoms with Crippen molar-refractivity contribution in [3.8, 4) is 0 Å². The predicted octanol–water partition coefficient (Wildman–Crippen LogP) is 7.47. The lowest BCUT2D eigenvalue weighted by Gasteiger charge is -2.17. The third kappa shape index (κ3) is 21.2. The normalized spacial score (nSPS) is 11.8. The van der Waals surface area contributed by atoms with Gasteiger partial charge in [-0.15, -0.1) is 23.5 Å². The summed E-state index contributed by atoms with van der Waals surface area (Å²) < 4.78 is 5.15. The Morgan fingerprint density at radius 3 is 1.36 bits per heavy atom. The van der Waals surface area contributed by atoms with Gasteiger partial charge in [0, 0.05) is 0 Å². The molecule has 0 spiro atoms. The molecular weight excluding hydrogens is 371 g/mol. The third-order valence-corrected chi connectivity index (χ3v) is 7.47. The first kappa shape index (κ1) is 26.0. The van der Waals surface area contributed by atoms with E-state index in [2.05, 4.69) is 13.8 Å². The van der Waals surface area contributed by atoms with Gasteiger partial charge < -0.3 is 9.79 Å². The molecule has 0 rings (SSSR count). The minimum absolute atomic E-state index is 0.124. The van der Waals surface area contributed by atoms with Crippen molar-refractivity contribution in [2.75, 3.05) is 11.5 Å². The van der Waals surface area contributed by atoms with Crippen LogP contribution in [0.25, 0.3) is 0 Å². The average molecular weight is 413 g/mol. The number of thioether (sulfide) groups is 2. The molecule has 0 amide bonds. The van der Waals surface area contributed by atoms with Gasteiger partial charge in [-0.1, -0.05) is 90.9 Å². The maximum absolute atomic E-state index is 9.14. The molecular formula is C19H41O3PS2. The first-order valence-corrected chi connectivity index (χ1v) is 13.5. The van der Waals surface area contributed by atoms with E-state index < -0.39 is 8.60 Å². The second kappa shape index (κ2) is 21.3. The number of hydrogen-bond acceptors (Lipinski definition) is 5. The Bertz CT molecular complexity index is 239. The predicted molar refractivity (Wildman–Crippen MR) is 117 cm³/mol. The lowest BCUT2D eigenvalue weighted by atomic mass is 10.1. The van der Waals surface area contributed by atoms with Crippen molar-refractivity contribution in [1.82, 2.24) is 0 Å². The molecule has 25 heavy (non-hydrogen) atoms. The molecule has 0 aliphatic rings. The van der Waals surface area contributed by atoms with Crippen LogP contribution in [0.4, 0.5) is 0 Å². The van der Waals surface area contributed by atoms with Crippen molar-refractivity contribution < 1.29 is 14.3 Å². The SMILES string of the molecule is CCCCCCCCCSC(OP(O)O)SCCCCCCCCC. The Morgan fingerprint density at radius 2 is 1.00 bits per heavy atom. The van der Waals surface area contributed by atoms with Crippen molar-refractivity contribution in [1.29, 1.82) is 0 Å². The minimum atomic E-state index is -2.25. The van der Waals surface area contributed by atoms with Gasteiger partial charge in [0.2, 0.25) is 0 Å². The van der Waals surface area contributed by atoms with Gasteiger partial charge in [0.25, 0.3) is 0 Å². The van der Waals surface area contributed by atoms with Crippen molar-refractivity contribution in [3.63, 3.8) is 0 Å². The fraction of sp³-hybridized carbons (Fsp3) is 1.00. The summed E-state index contributed by atoms with van der Waals surface area (Å²) in [6, 6.07) is 0. The largest absolute Gasteiger partial charge is 0.328 e. The molecule has 0 bridgehead atoms. The van der Waals surface area contributed by atoms with Crippen LogP contribution < -0.4 is 0 Å². The smallest absolute Gasteiger partial charge is 0.328 e. The summed E-state index contributed by atoms with van der Waals surface area (Å²) in [6.45, 7) is 4.50. The molecule has 0 atom stereocenters. The summed E-state index contributed by atoms with van der Waals surface area (Å²) in [5, 5.41) is 0. The van der Waals surface area contributed by atoms with Crippen LogP contribution in [0, 0.1) is 0 Å². The van der Waals surface area contributed by atoms with E-state index in [1.54, 1.807) is 23.5 Å². The zero-order chi connectivity index (χ0) is 18.6. The van der Waals surface area contributed by atoms with E-state index in [1.807, 2.05) is 0 Å². The number of hydrogen-bond donors (Lipinski definition) is 2. The third-order valence-electron chi connectivity index (χ3n) is 4.18. The first-order valence-electron chi connectivity index (χ1n) is 10.3. The highest BCUT2D eigenvalue weighted by Crippen LogP contribution is 2.37. The van der Waals surface area contributed by atoms with E-state index in [0.29, 0.717) is 0 Å². The Labute approximate surface area is 166 Å². The quantitative estimate of drug-likeness (QED) is 0.123. The van der Waals surface area contributed by atoms with Crippen molar-refractivity contribution in [2.24, 2.45) is 0 Å². The van der Waals surface area contributed by atoms with Crippen LogP contribution in [-0.2, 0) is 4.52 Å². The molecule has 2 N–H and O–H groups in total.